The first-order chi connectivity index (χ1) is 16.0. The monoisotopic (exact) mass is 494 g/mol. The van der Waals surface area contributed by atoms with Gasteiger partial charge in [-0.15, -0.1) is 0 Å². The van der Waals surface area contributed by atoms with Gasteiger partial charge in [0.2, 0.25) is 0 Å². The Labute approximate surface area is 202 Å². The third-order valence-corrected chi connectivity index (χ3v) is 5.67. The van der Waals surface area contributed by atoms with E-state index in [0.29, 0.717) is 12.8 Å². The van der Waals surface area contributed by atoms with Crippen molar-refractivity contribution in [1.82, 2.24) is 0 Å². The molecule has 34 heavy (non-hydrogen) atoms. The lowest BCUT2D eigenvalue weighted by Crippen LogP contribution is -2.23. The number of carbonyl (C=O) groups is 4. The molecule has 9 nitrogen and oxygen atoms in total. The summed E-state index contributed by atoms with van der Waals surface area (Å²) < 4.78 is 27.2. The highest BCUT2D eigenvalue weighted by atomic mass is 35.5. The number of epoxide rings is 1. The maximum atomic E-state index is 13.3. The molecular formula is C24H27ClO9. The van der Waals surface area contributed by atoms with Gasteiger partial charge in [-0.05, 0) is 31.4 Å². The summed E-state index contributed by atoms with van der Waals surface area (Å²) in [5.74, 6) is -2.97. The molecule has 10 heteroatoms. The number of ether oxygens (including phenoxy) is 5. The second-order valence-corrected chi connectivity index (χ2v) is 8.63. The van der Waals surface area contributed by atoms with Crippen molar-refractivity contribution < 1.29 is 42.9 Å². The van der Waals surface area contributed by atoms with Crippen LogP contribution in [-0.4, -0.2) is 48.3 Å². The van der Waals surface area contributed by atoms with Gasteiger partial charge in [0.15, 0.2) is 5.75 Å². The smallest absolute Gasteiger partial charge is 0.342 e. The van der Waals surface area contributed by atoms with E-state index >= 15 is 0 Å². The van der Waals surface area contributed by atoms with Gasteiger partial charge in [0.1, 0.15) is 23.5 Å². The summed E-state index contributed by atoms with van der Waals surface area (Å²) in [5.41, 5.74) is 0.0428. The minimum absolute atomic E-state index is 0.0225. The molecule has 0 N–H and O–H groups in total. The van der Waals surface area contributed by atoms with Gasteiger partial charge in [0, 0.05) is 39.7 Å². The van der Waals surface area contributed by atoms with Crippen LogP contribution in [0.3, 0.4) is 0 Å². The van der Waals surface area contributed by atoms with Gasteiger partial charge in [0.05, 0.1) is 17.2 Å². The first kappa shape index (κ1) is 25.7. The number of hydrogen-bond acceptors (Lipinski definition) is 9. The van der Waals surface area contributed by atoms with Gasteiger partial charge in [-0.25, -0.2) is 4.79 Å². The van der Waals surface area contributed by atoms with Crippen LogP contribution in [0.2, 0.25) is 5.02 Å². The van der Waals surface area contributed by atoms with Gasteiger partial charge in [0.25, 0.3) is 0 Å². The van der Waals surface area contributed by atoms with E-state index in [1.807, 2.05) is 6.08 Å². The molecule has 2 heterocycles. The summed E-state index contributed by atoms with van der Waals surface area (Å²) in [6.07, 6.45) is 4.26. The number of benzene rings is 1. The number of hydrogen-bond donors (Lipinski definition) is 0. The number of fused-ring (bicyclic) bond motifs is 2. The summed E-state index contributed by atoms with van der Waals surface area (Å²) in [5, 5.41) is -0.0612. The minimum Gasteiger partial charge on any atom is -0.459 e. The van der Waals surface area contributed by atoms with Crippen LogP contribution in [0.25, 0.3) is 0 Å². The molecule has 4 atom stereocenters. The normalized spacial score (nSPS) is 25.5. The number of esters is 4. The zero-order valence-corrected chi connectivity index (χ0v) is 20.2. The average molecular weight is 495 g/mol. The van der Waals surface area contributed by atoms with Crippen LogP contribution in [0.15, 0.2) is 18.2 Å². The second-order valence-electron chi connectivity index (χ2n) is 8.25. The molecule has 184 valence electrons. The van der Waals surface area contributed by atoms with E-state index in [0.717, 1.165) is 6.42 Å². The lowest BCUT2D eigenvalue weighted by molar-refractivity contribution is -0.144. The SMILES string of the molecule is CC(=O)Oc1cc(OC(C)=O)c2c(c1Cl)C[C@H](OC(C)=O)/C=C/CC[C@@H]1O[C@@H]1C[C@@H](C)OC2=O. The molecule has 0 bridgehead atoms. The molecule has 2 aliphatic heterocycles. The van der Waals surface area contributed by atoms with Gasteiger partial charge in [-0.2, -0.15) is 0 Å². The summed E-state index contributed by atoms with van der Waals surface area (Å²) in [4.78, 5) is 48.4. The van der Waals surface area contributed by atoms with Gasteiger partial charge >= 0.3 is 23.9 Å². The van der Waals surface area contributed by atoms with E-state index in [4.69, 9.17) is 35.3 Å². The van der Waals surface area contributed by atoms with Crippen molar-refractivity contribution in [1.29, 1.82) is 0 Å². The molecule has 0 unspecified atom stereocenters. The summed E-state index contributed by atoms with van der Waals surface area (Å²) in [6.45, 7) is 5.35. The zero-order valence-electron chi connectivity index (χ0n) is 19.4. The van der Waals surface area contributed by atoms with Crippen molar-refractivity contribution in [2.45, 2.75) is 77.8 Å². The summed E-state index contributed by atoms with van der Waals surface area (Å²) in [7, 11) is 0. The molecular weight excluding hydrogens is 468 g/mol. The van der Waals surface area contributed by atoms with Crippen LogP contribution in [0, 0.1) is 0 Å². The predicted octanol–water partition coefficient (Wildman–Crippen LogP) is 3.72. The Morgan fingerprint density at radius 2 is 1.71 bits per heavy atom. The molecule has 3 rings (SSSR count). The van der Waals surface area contributed by atoms with Crippen LogP contribution >= 0.6 is 11.6 Å². The molecule has 1 aromatic carbocycles. The standard InChI is InChI=1S/C24H27ClO9/c1-12-9-19-18(34-19)8-6-5-7-16(31-13(2)26)10-17-22(24(29)30-12)20(32-14(3)27)11-21(23(17)25)33-15(4)28/h5,7,11-12,16,18-19H,6,8-10H2,1-4H3/b7-5+/t12-,16-,18+,19-/m1/s1. The molecule has 2 aliphatic rings. The summed E-state index contributed by atoms with van der Waals surface area (Å²) in [6, 6.07) is 1.19. The molecule has 0 aromatic heterocycles. The van der Waals surface area contributed by atoms with E-state index < -0.39 is 36.1 Å². The van der Waals surface area contributed by atoms with Crippen molar-refractivity contribution in [2.75, 3.05) is 0 Å². The Hall–Kier alpha value is -2.91. The molecule has 0 aliphatic carbocycles. The Morgan fingerprint density at radius 1 is 1.03 bits per heavy atom. The molecule has 0 saturated carbocycles. The maximum Gasteiger partial charge on any atom is 0.342 e. The highest BCUT2D eigenvalue weighted by molar-refractivity contribution is 6.33. The lowest BCUT2D eigenvalue weighted by Gasteiger charge is -2.22. The number of halogens is 1. The van der Waals surface area contributed by atoms with Crippen LogP contribution in [0.4, 0.5) is 0 Å². The van der Waals surface area contributed by atoms with Crippen LogP contribution in [0.5, 0.6) is 11.5 Å². The van der Waals surface area contributed by atoms with Crippen molar-refractivity contribution in [3.8, 4) is 11.5 Å². The van der Waals surface area contributed by atoms with Crippen LogP contribution in [-0.2, 0) is 35.0 Å². The second kappa shape index (κ2) is 11.0. The number of cyclic esters (lactones) is 1. The Balaban J connectivity index is 2.14. The zero-order chi connectivity index (χ0) is 25.0. The molecule has 0 amide bonds. The highest BCUT2D eigenvalue weighted by Crippen LogP contribution is 2.40. The lowest BCUT2D eigenvalue weighted by atomic mass is 9.98. The first-order valence-electron chi connectivity index (χ1n) is 11.0. The fourth-order valence-electron chi connectivity index (χ4n) is 3.87. The average Bonchev–Trinajstić information content (AvgIpc) is 3.43. The van der Waals surface area contributed by atoms with Crippen LogP contribution in [0.1, 0.15) is 62.9 Å². The fourth-order valence-corrected chi connectivity index (χ4v) is 4.14. The van der Waals surface area contributed by atoms with E-state index in [-0.39, 0.29) is 46.3 Å². The number of rotatable bonds is 3. The first-order valence-corrected chi connectivity index (χ1v) is 11.4. The molecule has 1 saturated heterocycles. The quantitative estimate of drug-likeness (QED) is 0.268. The van der Waals surface area contributed by atoms with Crippen LogP contribution < -0.4 is 9.47 Å². The molecule has 1 fully saturated rings. The number of carbonyl (C=O) groups excluding carboxylic acids is 4. The number of allylic oxidation sites excluding steroid dienone is 1. The largest absolute Gasteiger partial charge is 0.459 e. The van der Waals surface area contributed by atoms with Gasteiger partial charge < -0.3 is 23.7 Å². The van der Waals surface area contributed by atoms with Gasteiger partial charge in [-0.1, -0.05) is 17.7 Å². The Kier molecular flexibility index (Phi) is 8.33. The van der Waals surface area contributed by atoms with Crippen molar-refractivity contribution in [3.05, 3.63) is 34.4 Å². The summed E-state index contributed by atoms with van der Waals surface area (Å²) >= 11 is 6.55. The van der Waals surface area contributed by atoms with E-state index in [9.17, 15) is 19.2 Å². The van der Waals surface area contributed by atoms with Crippen molar-refractivity contribution in [2.24, 2.45) is 0 Å². The maximum absolute atomic E-state index is 13.3. The van der Waals surface area contributed by atoms with E-state index in [2.05, 4.69) is 0 Å². The van der Waals surface area contributed by atoms with Crippen molar-refractivity contribution >= 4 is 35.5 Å². The Morgan fingerprint density at radius 3 is 2.35 bits per heavy atom. The Bertz CT molecular complexity index is 1020. The molecule has 0 radical (unpaired) electrons. The third kappa shape index (κ3) is 6.80. The highest BCUT2D eigenvalue weighted by Gasteiger charge is 2.40. The van der Waals surface area contributed by atoms with E-state index in [1.54, 1.807) is 13.0 Å². The van der Waals surface area contributed by atoms with E-state index in [1.165, 1.54) is 26.8 Å². The topological polar surface area (TPSA) is 118 Å². The molecule has 1 aromatic rings. The van der Waals surface area contributed by atoms with Gasteiger partial charge in [-0.3, -0.25) is 14.4 Å². The predicted molar refractivity (Wildman–Crippen MR) is 120 cm³/mol. The molecule has 0 spiro atoms. The minimum atomic E-state index is -0.796. The third-order valence-electron chi connectivity index (χ3n) is 5.25. The fraction of sp³-hybridized carbons (Fsp3) is 0.500. The van der Waals surface area contributed by atoms with Crippen molar-refractivity contribution in [3.63, 3.8) is 0 Å².